The largest absolute Gasteiger partial charge is 0.383 e. The topological polar surface area (TPSA) is 43.8 Å². The number of nitrogens with zero attached hydrogens (tertiary/aromatic N) is 2. The Bertz CT molecular complexity index is 329. The Balaban J connectivity index is 2.06. The van der Waals surface area contributed by atoms with Gasteiger partial charge in [-0.05, 0) is 25.0 Å². The molecule has 1 aromatic heterocycles. The summed E-state index contributed by atoms with van der Waals surface area (Å²) in [5.74, 6) is 2.01. The molecule has 2 rings (SSSR count). The molecule has 0 saturated heterocycles. The van der Waals surface area contributed by atoms with E-state index < -0.39 is 0 Å². The fourth-order valence-corrected chi connectivity index (χ4v) is 3.08. The van der Waals surface area contributed by atoms with Gasteiger partial charge in [-0.3, -0.25) is 0 Å². The van der Waals surface area contributed by atoms with Crippen LogP contribution in [-0.4, -0.2) is 15.5 Å². The molecule has 2 N–H and O–H groups in total. The highest BCUT2D eigenvalue weighted by molar-refractivity contribution is 7.99. The van der Waals surface area contributed by atoms with Gasteiger partial charge in [-0.25, -0.2) is 4.68 Å². The van der Waals surface area contributed by atoms with Crippen LogP contribution in [0.1, 0.15) is 51.5 Å². The van der Waals surface area contributed by atoms with E-state index in [9.17, 15) is 0 Å². The van der Waals surface area contributed by atoms with Gasteiger partial charge in [0.1, 0.15) is 5.82 Å². The van der Waals surface area contributed by atoms with Gasteiger partial charge in [0.2, 0.25) is 0 Å². The molecule has 1 fully saturated rings. The lowest BCUT2D eigenvalue weighted by atomic mass is 9.96. The average molecular weight is 239 g/mol. The Morgan fingerprint density at radius 1 is 1.44 bits per heavy atom. The molecule has 90 valence electrons. The summed E-state index contributed by atoms with van der Waals surface area (Å²) < 4.78 is 2.05. The van der Waals surface area contributed by atoms with Gasteiger partial charge in [0, 0.05) is 0 Å². The first kappa shape index (κ1) is 11.8. The number of hydrogen-bond donors (Lipinski definition) is 1. The first-order valence-electron chi connectivity index (χ1n) is 6.28. The molecule has 1 aliphatic carbocycles. The summed E-state index contributed by atoms with van der Waals surface area (Å²) >= 11 is 1.82. The second kappa shape index (κ2) is 5.62. The average Bonchev–Trinajstić information content (AvgIpc) is 2.69. The highest BCUT2D eigenvalue weighted by atomic mass is 32.2. The standard InChI is InChI=1S/C12H21N3S/c1-2-8-16-11-9-14-15(12(11)13)10-6-4-3-5-7-10/h9-10H,2-8,13H2,1H3. The number of nitrogens with two attached hydrogens (primary N) is 1. The maximum absolute atomic E-state index is 6.15. The van der Waals surface area contributed by atoms with E-state index in [0.29, 0.717) is 6.04 Å². The van der Waals surface area contributed by atoms with E-state index in [1.807, 2.05) is 18.0 Å². The van der Waals surface area contributed by atoms with E-state index in [0.717, 1.165) is 16.5 Å². The van der Waals surface area contributed by atoms with E-state index in [4.69, 9.17) is 5.73 Å². The Morgan fingerprint density at radius 2 is 2.19 bits per heavy atom. The van der Waals surface area contributed by atoms with Crippen molar-refractivity contribution in [3.63, 3.8) is 0 Å². The summed E-state index contributed by atoms with van der Waals surface area (Å²) in [5.41, 5.74) is 6.15. The molecule has 0 spiro atoms. The fraction of sp³-hybridized carbons (Fsp3) is 0.750. The molecule has 0 unspecified atom stereocenters. The quantitative estimate of drug-likeness (QED) is 0.818. The molecule has 0 aromatic carbocycles. The van der Waals surface area contributed by atoms with Crippen molar-refractivity contribution in [2.24, 2.45) is 0 Å². The molecular weight excluding hydrogens is 218 g/mol. The molecule has 4 heteroatoms. The van der Waals surface area contributed by atoms with E-state index in [2.05, 4.69) is 16.7 Å². The van der Waals surface area contributed by atoms with Crippen LogP contribution >= 0.6 is 11.8 Å². The minimum atomic E-state index is 0.546. The van der Waals surface area contributed by atoms with Crippen LogP contribution in [0.4, 0.5) is 5.82 Å². The maximum Gasteiger partial charge on any atom is 0.135 e. The van der Waals surface area contributed by atoms with Crippen molar-refractivity contribution < 1.29 is 0 Å². The third-order valence-corrected chi connectivity index (χ3v) is 4.42. The van der Waals surface area contributed by atoms with Gasteiger partial charge in [-0.2, -0.15) is 5.10 Å². The van der Waals surface area contributed by atoms with Gasteiger partial charge in [0.25, 0.3) is 0 Å². The molecule has 0 bridgehead atoms. The molecule has 0 aliphatic heterocycles. The Hall–Kier alpha value is -0.640. The van der Waals surface area contributed by atoms with Gasteiger partial charge in [0.15, 0.2) is 0 Å². The predicted molar refractivity (Wildman–Crippen MR) is 69.8 cm³/mol. The monoisotopic (exact) mass is 239 g/mol. The van der Waals surface area contributed by atoms with E-state index >= 15 is 0 Å². The van der Waals surface area contributed by atoms with Crippen LogP contribution in [-0.2, 0) is 0 Å². The van der Waals surface area contributed by atoms with Gasteiger partial charge >= 0.3 is 0 Å². The first-order chi connectivity index (χ1) is 7.83. The summed E-state index contributed by atoms with van der Waals surface area (Å²) in [6.45, 7) is 2.19. The number of hydrogen-bond acceptors (Lipinski definition) is 3. The van der Waals surface area contributed by atoms with E-state index in [1.165, 1.54) is 38.5 Å². The zero-order chi connectivity index (χ0) is 11.4. The summed E-state index contributed by atoms with van der Waals surface area (Å²) in [6.07, 6.45) is 9.61. The van der Waals surface area contributed by atoms with Crippen molar-refractivity contribution in [3.8, 4) is 0 Å². The zero-order valence-corrected chi connectivity index (χ0v) is 10.8. The van der Waals surface area contributed by atoms with Crippen molar-refractivity contribution in [2.75, 3.05) is 11.5 Å². The second-order valence-corrected chi connectivity index (χ2v) is 5.62. The molecule has 1 aliphatic rings. The molecule has 1 heterocycles. The normalized spacial score (nSPS) is 17.8. The minimum Gasteiger partial charge on any atom is -0.383 e. The van der Waals surface area contributed by atoms with Crippen LogP contribution in [0, 0.1) is 0 Å². The molecule has 16 heavy (non-hydrogen) atoms. The molecule has 1 saturated carbocycles. The third kappa shape index (κ3) is 2.54. The Labute approximate surface area is 102 Å². The fourth-order valence-electron chi connectivity index (χ4n) is 2.30. The highest BCUT2D eigenvalue weighted by Crippen LogP contribution is 2.33. The minimum absolute atomic E-state index is 0.546. The Kier molecular flexibility index (Phi) is 4.16. The number of aromatic nitrogens is 2. The third-order valence-electron chi connectivity index (χ3n) is 3.18. The van der Waals surface area contributed by atoms with E-state index in [-0.39, 0.29) is 0 Å². The van der Waals surface area contributed by atoms with Gasteiger partial charge in [0.05, 0.1) is 17.1 Å². The molecule has 0 amide bonds. The van der Waals surface area contributed by atoms with Crippen molar-refractivity contribution in [1.29, 1.82) is 0 Å². The molecule has 0 atom stereocenters. The van der Waals surface area contributed by atoms with E-state index in [1.54, 1.807) is 0 Å². The molecule has 3 nitrogen and oxygen atoms in total. The highest BCUT2D eigenvalue weighted by Gasteiger charge is 2.19. The summed E-state index contributed by atoms with van der Waals surface area (Å²) in [4.78, 5) is 1.16. The lowest BCUT2D eigenvalue weighted by Crippen LogP contribution is -2.16. The van der Waals surface area contributed by atoms with Crippen molar-refractivity contribution in [3.05, 3.63) is 6.20 Å². The second-order valence-electron chi connectivity index (χ2n) is 4.48. The van der Waals surface area contributed by atoms with Crippen LogP contribution in [0.25, 0.3) is 0 Å². The predicted octanol–water partition coefficient (Wildman–Crippen LogP) is 3.47. The Morgan fingerprint density at radius 3 is 2.88 bits per heavy atom. The van der Waals surface area contributed by atoms with Gasteiger partial charge in [-0.15, -0.1) is 11.8 Å². The van der Waals surface area contributed by atoms with Gasteiger partial charge in [-0.1, -0.05) is 26.2 Å². The molecule has 1 aromatic rings. The molecule has 0 radical (unpaired) electrons. The van der Waals surface area contributed by atoms with Crippen LogP contribution < -0.4 is 5.73 Å². The van der Waals surface area contributed by atoms with Crippen LogP contribution in [0.3, 0.4) is 0 Å². The van der Waals surface area contributed by atoms with Crippen molar-refractivity contribution in [2.45, 2.75) is 56.4 Å². The smallest absolute Gasteiger partial charge is 0.135 e. The zero-order valence-electron chi connectivity index (χ0n) is 9.98. The first-order valence-corrected chi connectivity index (χ1v) is 7.27. The van der Waals surface area contributed by atoms with Gasteiger partial charge < -0.3 is 5.73 Å². The lowest BCUT2D eigenvalue weighted by molar-refractivity contribution is 0.333. The van der Waals surface area contributed by atoms with Crippen molar-refractivity contribution >= 4 is 17.6 Å². The SMILES string of the molecule is CCCSc1cnn(C2CCCCC2)c1N. The molecular formula is C12H21N3S. The summed E-state index contributed by atoms with van der Waals surface area (Å²) in [6, 6.07) is 0.546. The van der Waals surface area contributed by atoms with Crippen LogP contribution in [0.2, 0.25) is 0 Å². The van der Waals surface area contributed by atoms with Crippen molar-refractivity contribution in [1.82, 2.24) is 9.78 Å². The van der Waals surface area contributed by atoms with Crippen LogP contribution in [0.15, 0.2) is 11.1 Å². The summed E-state index contributed by atoms with van der Waals surface area (Å²) in [7, 11) is 0. The lowest BCUT2D eigenvalue weighted by Gasteiger charge is -2.22. The summed E-state index contributed by atoms with van der Waals surface area (Å²) in [5, 5.41) is 4.46. The number of rotatable bonds is 4. The number of nitrogen functional groups attached to an aromatic ring is 1. The number of anilines is 1. The van der Waals surface area contributed by atoms with Crippen LogP contribution in [0.5, 0.6) is 0 Å². The maximum atomic E-state index is 6.15. The number of thioether (sulfide) groups is 1.